The molecule has 1 unspecified atom stereocenters. The van der Waals surface area contributed by atoms with Crippen LogP contribution in [0.25, 0.3) is 0 Å². The van der Waals surface area contributed by atoms with E-state index >= 15 is 0 Å². The lowest BCUT2D eigenvalue weighted by Crippen LogP contribution is -2.38. The molecule has 0 spiro atoms. The minimum Gasteiger partial charge on any atom is -0.476 e. The first kappa shape index (κ1) is 17.9. The number of rotatable bonds is 8. The summed E-state index contributed by atoms with van der Waals surface area (Å²) in [5, 5.41) is 12.2. The van der Waals surface area contributed by atoms with Crippen molar-refractivity contribution in [3.8, 4) is 0 Å². The standard InChI is InChI=1S/C18H24N4O2/c1-13(2)16(12-22(3)11-14-7-5-4-6-8-14)21-17-10-19-15(9-20-17)18(23)24/h4-10,13,16H,11-12H2,1-3H3,(H,20,21)(H,23,24). The van der Waals surface area contributed by atoms with Gasteiger partial charge in [0, 0.05) is 19.1 Å². The van der Waals surface area contributed by atoms with Crippen molar-refractivity contribution in [2.75, 3.05) is 18.9 Å². The van der Waals surface area contributed by atoms with Gasteiger partial charge in [0.1, 0.15) is 5.82 Å². The number of benzene rings is 1. The molecule has 1 aromatic heterocycles. The fraction of sp³-hybridized carbons (Fsp3) is 0.389. The van der Waals surface area contributed by atoms with Crippen LogP contribution in [0.5, 0.6) is 0 Å². The molecule has 6 nitrogen and oxygen atoms in total. The van der Waals surface area contributed by atoms with Gasteiger partial charge in [-0.3, -0.25) is 0 Å². The fourth-order valence-corrected chi connectivity index (χ4v) is 2.42. The highest BCUT2D eigenvalue weighted by Gasteiger charge is 2.17. The molecule has 0 saturated carbocycles. The molecule has 1 aromatic carbocycles. The van der Waals surface area contributed by atoms with Crippen LogP contribution < -0.4 is 5.32 Å². The zero-order chi connectivity index (χ0) is 17.5. The summed E-state index contributed by atoms with van der Waals surface area (Å²) in [6.45, 7) is 6.00. The van der Waals surface area contributed by atoms with E-state index in [-0.39, 0.29) is 11.7 Å². The van der Waals surface area contributed by atoms with Gasteiger partial charge in [-0.1, -0.05) is 44.2 Å². The molecule has 0 saturated heterocycles. The normalized spacial score (nSPS) is 12.4. The van der Waals surface area contributed by atoms with E-state index in [2.05, 4.69) is 53.2 Å². The molecule has 0 aliphatic heterocycles. The van der Waals surface area contributed by atoms with Crippen LogP contribution in [0.1, 0.15) is 29.9 Å². The Kier molecular flexibility index (Phi) is 6.26. The van der Waals surface area contributed by atoms with E-state index in [1.54, 1.807) is 0 Å². The lowest BCUT2D eigenvalue weighted by Gasteiger charge is -2.28. The molecule has 0 aliphatic rings. The fourth-order valence-electron chi connectivity index (χ4n) is 2.42. The number of nitrogens with zero attached hydrogens (tertiary/aromatic N) is 3. The van der Waals surface area contributed by atoms with Crippen molar-refractivity contribution in [3.05, 3.63) is 54.0 Å². The summed E-state index contributed by atoms with van der Waals surface area (Å²) in [4.78, 5) is 21.1. The first-order valence-electron chi connectivity index (χ1n) is 8.00. The summed E-state index contributed by atoms with van der Waals surface area (Å²) in [5.41, 5.74) is 1.22. The van der Waals surface area contributed by atoms with E-state index < -0.39 is 5.97 Å². The maximum absolute atomic E-state index is 10.8. The summed E-state index contributed by atoms with van der Waals surface area (Å²) in [6, 6.07) is 10.5. The lowest BCUT2D eigenvalue weighted by molar-refractivity contribution is 0.0690. The van der Waals surface area contributed by atoms with Crippen molar-refractivity contribution >= 4 is 11.8 Å². The van der Waals surface area contributed by atoms with Gasteiger partial charge in [0.2, 0.25) is 0 Å². The number of carbonyl (C=O) groups is 1. The number of aromatic carboxylic acids is 1. The molecule has 0 aliphatic carbocycles. The van der Waals surface area contributed by atoms with Crippen molar-refractivity contribution in [1.29, 1.82) is 0 Å². The Morgan fingerprint density at radius 3 is 2.46 bits per heavy atom. The third-order valence-corrected chi connectivity index (χ3v) is 3.81. The average Bonchev–Trinajstić information content (AvgIpc) is 2.55. The summed E-state index contributed by atoms with van der Waals surface area (Å²) >= 11 is 0. The zero-order valence-electron chi connectivity index (χ0n) is 14.3. The highest BCUT2D eigenvalue weighted by molar-refractivity contribution is 5.84. The van der Waals surface area contributed by atoms with Crippen molar-refractivity contribution in [2.45, 2.75) is 26.4 Å². The van der Waals surface area contributed by atoms with Crippen LogP contribution in [0.15, 0.2) is 42.7 Å². The molecular weight excluding hydrogens is 304 g/mol. The number of aromatic nitrogens is 2. The third-order valence-electron chi connectivity index (χ3n) is 3.81. The van der Waals surface area contributed by atoms with Gasteiger partial charge in [-0.2, -0.15) is 0 Å². The van der Waals surface area contributed by atoms with Gasteiger partial charge in [-0.25, -0.2) is 14.8 Å². The number of carboxylic acids is 1. The summed E-state index contributed by atoms with van der Waals surface area (Å²) < 4.78 is 0. The molecule has 2 aromatic rings. The number of hydrogen-bond acceptors (Lipinski definition) is 5. The van der Waals surface area contributed by atoms with Gasteiger partial charge in [0.05, 0.1) is 12.4 Å². The van der Waals surface area contributed by atoms with E-state index in [4.69, 9.17) is 5.11 Å². The number of carboxylic acid groups (broad SMARTS) is 1. The highest BCUT2D eigenvalue weighted by Crippen LogP contribution is 2.12. The Labute approximate surface area is 142 Å². The largest absolute Gasteiger partial charge is 0.476 e. The molecular formula is C18H24N4O2. The van der Waals surface area contributed by atoms with E-state index in [0.29, 0.717) is 11.7 Å². The Balaban J connectivity index is 1.97. The van der Waals surface area contributed by atoms with Crippen molar-refractivity contribution in [2.24, 2.45) is 5.92 Å². The van der Waals surface area contributed by atoms with Crippen molar-refractivity contribution in [3.63, 3.8) is 0 Å². The maximum atomic E-state index is 10.8. The van der Waals surface area contributed by atoms with Crippen molar-refractivity contribution in [1.82, 2.24) is 14.9 Å². The first-order valence-corrected chi connectivity index (χ1v) is 8.00. The van der Waals surface area contributed by atoms with Crippen LogP contribution in [0, 0.1) is 5.92 Å². The van der Waals surface area contributed by atoms with Crippen LogP contribution >= 0.6 is 0 Å². The molecule has 2 N–H and O–H groups in total. The van der Waals surface area contributed by atoms with Gasteiger partial charge in [0.15, 0.2) is 5.69 Å². The predicted molar refractivity (Wildman–Crippen MR) is 94.0 cm³/mol. The summed E-state index contributed by atoms with van der Waals surface area (Å²) in [7, 11) is 2.09. The van der Waals surface area contributed by atoms with Crippen molar-refractivity contribution < 1.29 is 9.90 Å². The second kappa shape index (κ2) is 8.40. The molecule has 128 valence electrons. The zero-order valence-corrected chi connectivity index (χ0v) is 14.3. The van der Waals surface area contributed by atoms with Crippen LogP contribution in [-0.2, 0) is 6.54 Å². The molecule has 0 amide bonds. The minimum absolute atomic E-state index is 0.0529. The minimum atomic E-state index is -1.07. The van der Waals surface area contributed by atoms with E-state index in [1.165, 1.54) is 18.0 Å². The van der Waals surface area contributed by atoms with Gasteiger partial charge >= 0.3 is 5.97 Å². The Morgan fingerprint density at radius 2 is 1.92 bits per heavy atom. The Morgan fingerprint density at radius 1 is 1.21 bits per heavy atom. The maximum Gasteiger partial charge on any atom is 0.356 e. The van der Waals surface area contributed by atoms with E-state index in [0.717, 1.165) is 13.1 Å². The molecule has 24 heavy (non-hydrogen) atoms. The monoisotopic (exact) mass is 328 g/mol. The second-order valence-electron chi connectivity index (χ2n) is 6.27. The summed E-state index contributed by atoms with van der Waals surface area (Å²) in [6.07, 6.45) is 2.74. The molecule has 0 fully saturated rings. The lowest BCUT2D eigenvalue weighted by atomic mass is 10.0. The van der Waals surface area contributed by atoms with Gasteiger partial charge in [0.25, 0.3) is 0 Å². The van der Waals surface area contributed by atoms with Crippen LogP contribution in [-0.4, -0.2) is 45.6 Å². The number of nitrogens with one attached hydrogen (secondary N) is 1. The van der Waals surface area contributed by atoms with E-state index in [9.17, 15) is 4.79 Å². The van der Waals surface area contributed by atoms with Crippen LogP contribution in [0.3, 0.4) is 0 Å². The molecule has 0 bridgehead atoms. The molecule has 1 atom stereocenters. The number of anilines is 1. The molecule has 6 heteroatoms. The highest BCUT2D eigenvalue weighted by atomic mass is 16.4. The molecule has 0 radical (unpaired) electrons. The first-order chi connectivity index (χ1) is 11.5. The summed E-state index contributed by atoms with van der Waals surface area (Å²) in [5.74, 6) is -0.0898. The van der Waals surface area contributed by atoms with Gasteiger partial charge in [-0.15, -0.1) is 0 Å². The second-order valence-corrected chi connectivity index (χ2v) is 6.27. The molecule has 2 rings (SSSR count). The van der Waals surface area contributed by atoms with Crippen LogP contribution in [0.2, 0.25) is 0 Å². The predicted octanol–water partition coefficient (Wildman–Crippen LogP) is 2.74. The van der Waals surface area contributed by atoms with Crippen LogP contribution in [0.4, 0.5) is 5.82 Å². The SMILES string of the molecule is CC(C)C(CN(C)Cc1ccccc1)Nc1cnc(C(=O)O)cn1. The third kappa shape index (κ3) is 5.31. The van der Waals surface area contributed by atoms with Gasteiger partial charge < -0.3 is 15.3 Å². The number of hydrogen-bond donors (Lipinski definition) is 2. The molecule has 1 heterocycles. The van der Waals surface area contributed by atoms with E-state index in [1.807, 2.05) is 18.2 Å². The smallest absolute Gasteiger partial charge is 0.356 e. The topological polar surface area (TPSA) is 78.4 Å². The Hall–Kier alpha value is -2.47. The number of likely N-dealkylation sites (N-methyl/N-ethyl adjacent to an activating group) is 1. The average molecular weight is 328 g/mol. The van der Waals surface area contributed by atoms with Gasteiger partial charge in [-0.05, 0) is 18.5 Å². The quantitative estimate of drug-likeness (QED) is 0.776. The Bertz CT molecular complexity index is 644.